The molecule has 0 fully saturated rings. The highest BCUT2D eigenvalue weighted by Crippen LogP contribution is 2.31. The van der Waals surface area contributed by atoms with Crippen molar-refractivity contribution in [3.8, 4) is 11.8 Å². The van der Waals surface area contributed by atoms with Crippen LogP contribution in [0.3, 0.4) is 0 Å². The summed E-state index contributed by atoms with van der Waals surface area (Å²) in [5.74, 6) is 7.47. The first-order valence-electron chi connectivity index (χ1n) is 7.42. The van der Waals surface area contributed by atoms with Gasteiger partial charge in [-0.05, 0) is 24.9 Å². The normalized spacial score (nSPS) is 15.2. The molecule has 0 radical (unpaired) electrons. The maximum atomic E-state index is 3.63. The lowest BCUT2D eigenvalue weighted by Gasteiger charge is -2.31. The van der Waals surface area contributed by atoms with Gasteiger partial charge in [-0.3, -0.25) is 0 Å². The lowest BCUT2D eigenvalue weighted by molar-refractivity contribution is 0.342. The molecular formula is C18H27N. The summed E-state index contributed by atoms with van der Waals surface area (Å²) in [6.45, 7) is 9.71. The Balaban J connectivity index is 3.01. The highest BCUT2D eigenvalue weighted by molar-refractivity contribution is 5.23. The van der Waals surface area contributed by atoms with Crippen LogP contribution in [0, 0.1) is 17.8 Å². The molecule has 1 heteroatoms. The molecule has 0 aliphatic rings. The average molecular weight is 257 g/mol. The molecule has 3 unspecified atom stereocenters. The van der Waals surface area contributed by atoms with Crippen molar-refractivity contribution in [3.63, 3.8) is 0 Å². The van der Waals surface area contributed by atoms with Crippen LogP contribution in [0.2, 0.25) is 0 Å². The Kier molecular flexibility index (Phi) is 7.30. The van der Waals surface area contributed by atoms with Gasteiger partial charge in [0.05, 0.1) is 0 Å². The first kappa shape index (κ1) is 15.8. The van der Waals surface area contributed by atoms with E-state index in [9.17, 15) is 0 Å². The lowest BCUT2D eigenvalue weighted by Crippen LogP contribution is -2.37. The quantitative estimate of drug-likeness (QED) is 0.722. The van der Waals surface area contributed by atoms with E-state index in [-0.39, 0.29) is 0 Å². The molecule has 0 aromatic heterocycles. The van der Waals surface area contributed by atoms with Gasteiger partial charge in [-0.1, -0.05) is 57.5 Å². The fraction of sp³-hybridized carbons (Fsp3) is 0.556. The van der Waals surface area contributed by atoms with Crippen molar-refractivity contribution >= 4 is 0 Å². The molecule has 3 atom stereocenters. The number of benzene rings is 1. The second kappa shape index (κ2) is 8.77. The van der Waals surface area contributed by atoms with Gasteiger partial charge < -0.3 is 5.32 Å². The fourth-order valence-electron chi connectivity index (χ4n) is 2.69. The Bertz CT molecular complexity index is 399. The van der Waals surface area contributed by atoms with Crippen LogP contribution >= 0.6 is 0 Å². The minimum atomic E-state index is 0.440. The molecule has 0 spiro atoms. The van der Waals surface area contributed by atoms with Crippen LogP contribution in [0.1, 0.15) is 52.0 Å². The third-order valence-corrected chi connectivity index (χ3v) is 3.84. The molecule has 1 aromatic carbocycles. The molecule has 0 saturated carbocycles. The Labute approximate surface area is 118 Å². The molecule has 1 aromatic rings. The highest BCUT2D eigenvalue weighted by Gasteiger charge is 2.26. The third-order valence-electron chi connectivity index (χ3n) is 3.84. The second-order valence-electron chi connectivity index (χ2n) is 5.12. The number of rotatable bonds is 7. The smallest absolute Gasteiger partial charge is 0.0249 e. The molecule has 0 aliphatic carbocycles. The van der Waals surface area contributed by atoms with Crippen molar-refractivity contribution in [2.45, 2.75) is 52.5 Å². The first-order chi connectivity index (χ1) is 9.24. The molecule has 0 saturated heterocycles. The minimum absolute atomic E-state index is 0.440. The van der Waals surface area contributed by atoms with Gasteiger partial charge in [0.1, 0.15) is 0 Å². The van der Waals surface area contributed by atoms with E-state index < -0.39 is 0 Å². The minimum Gasteiger partial charge on any atom is -0.313 e. The summed E-state index contributed by atoms with van der Waals surface area (Å²) in [5, 5.41) is 3.63. The molecule has 0 heterocycles. The standard InChI is InChI=1S/C18H27N/c1-5-8-14-17(19-7-3)18(15(4)6-2)16-12-10-9-11-13-16/h9-13,15,17-19H,6-7,14H2,1-4H3. The van der Waals surface area contributed by atoms with Gasteiger partial charge in [-0.2, -0.15) is 0 Å². The number of nitrogens with one attached hydrogen (secondary N) is 1. The van der Waals surface area contributed by atoms with Crippen LogP contribution in [0.5, 0.6) is 0 Å². The van der Waals surface area contributed by atoms with Crippen molar-refractivity contribution in [2.75, 3.05) is 6.54 Å². The monoisotopic (exact) mass is 257 g/mol. The molecular weight excluding hydrogens is 230 g/mol. The van der Waals surface area contributed by atoms with E-state index in [1.165, 1.54) is 12.0 Å². The topological polar surface area (TPSA) is 12.0 Å². The van der Waals surface area contributed by atoms with Crippen LogP contribution in [-0.2, 0) is 0 Å². The van der Waals surface area contributed by atoms with Crippen molar-refractivity contribution in [2.24, 2.45) is 5.92 Å². The zero-order valence-corrected chi connectivity index (χ0v) is 12.7. The summed E-state index contributed by atoms with van der Waals surface area (Å²) < 4.78 is 0. The lowest BCUT2D eigenvalue weighted by atomic mass is 9.79. The SMILES string of the molecule is CC#CCC(NCC)C(c1ccccc1)C(C)CC. The molecule has 1 rings (SSSR count). The number of hydrogen-bond acceptors (Lipinski definition) is 1. The third kappa shape index (κ3) is 4.73. The average Bonchev–Trinajstić information content (AvgIpc) is 2.46. The Morgan fingerprint density at radius 2 is 1.84 bits per heavy atom. The summed E-state index contributed by atoms with van der Waals surface area (Å²) in [5.41, 5.74) is 1.43. The molecule has 0 bridgehead atoms. The van der Waals surface area contributed by atoms with Gasteiger partial charge in [0.15, 0.2) is 0 Å². The van der Waals surface area contributed by atoms with Crippen LogP contribution in [0.15, 0.2) is 30.3 Å². The van der Waals surface area contributed by atoms with Gasteiger partial charge in [0.2, 0.25) is 0 Å². The Morgan fingerprint density at radius 3 is 2.37 bits per heavy atom. The van der Waals surface area contributed by atoms with Crippen molar-refractivity contribution in [3.05, 3.63) is 35.9 Å². The predicted molar refractivity (Wildman–Crippen MR) is 84.2 cm³/mol. The van der Waals surface area contributed by atoms with Gasteiger partial charge >= 0.3 is 0 Å². The molecule has 1 nitrogen and oxygen atoms in total. The van der Waals surface area contributed by atoms with Gasteiger partial charge in [-0.15, -0.1) is 11.8 Å². The Morgan fingerprint density at radius 1 is 1.16 bits per heavy atom. The number of hydrogen-bond donors (Lipinski definition) is 1. The number of likely N-dealkylation sites (N-methyl/N-ethyl adjacent to an activating group) is 1. The maximum absolute atomic E-state index is 3.63. The fourth-order valence-corrected chi connectivity index (χ4v) is 2.69. The predicted octanol–water partition coefficient (Wildman–Crippen LogP) is 4.21. The molecule has 19 heavy (non-hydrogen) atoms. The molecule has 0 amide bonds. The van der Waals surface area contributed by atoms with E-state index in [4.69, 9.17) is 0 Å². The summed E-state index contributed by atoms with van der Waals surface area (Å²) in [4.78, 5) is 0. The van der Waals surface area contributed by atoms with Crippen LogP contribution in [0.25, 0.3) is 0 Å². The van der Waals surface area contributed by atoms with E-state index in [2.05, 4.69) is 68.3 Å². The van der Waals surface area contributed by atoms with E-state index >= 15 is 0 Å². The van der Waals surface area contributed by atoms with E-state index in [1.807, 2.05) is 6.92 Å². The zero-order chi connectivity index (χ0) is 14.1. The molecule has 1 N–H and O–H groups in total. The van der Waals surface area contributed by atoms with Gasteiger partial charge in [-0.25, -0.2) is 0 Å². The summed E-state index contributed by atoms with van der Waals surface area (Å²) >= 11 is 0. The van der Waals surface area contributed by atoms with Crippen LogP contribution < -0.4 is 5.32 Å². The largest absolute Gasteiger partial charge is 0.313 e. The van der Waals surface area contributed by atoms with E-state index in [0.29, 0.717) is 17.9 Å². The van der Waals surface area contributed by atoms with Gasteiger partial charge in [0.25, 0.3) is 0 Å². The van der Waals surface area contributed by atoms with Crippen molar-refractivity contribution in [1.82, 2.24) is 5.32 Å². The summed E-state index contributed by atoms with van der Waals surface area (Å²) in [7, 11) is 0. The van der Waals surface area contributed by atoms with Crippen molar-refractivity contribution < 1.29 is 0 Å². The molecule has 0 aliphatic heterocycles. The second-order valence-corrected chi connectivity index (χ2v) is 5.12. The van der Waals surface area contributed by atoms with Crippen molar-refractivity contribution in [1.29, 1.82) is 0 Å². The van der Waals surface area contributed by atoms with Gasteiger partial charge in [0, 0.05) is 18.4 Å². The van der Waals surface area contributed by atoms with Crippen LogP contribution in [0.4, 0.5) is 0 Å². The first-order valence-corrected chi connectivity index (χ1v) is 7.42. The summed E-state index contributed by atoms with van der Waals surface area (Å²) in [6, 6.07) is 11.3. The highest BCUT2D eigenvalue weighted by atomic mass is 14.9. The maximum Gasteiger partial charge on any atom is 0.0249 e. The van der Waals surface area contributed by atoms with E-state index in [1.54, 1.807) is 0 Å². The Hall–Kier alpha value is -1.26. The summed E-state index contributed by atoms with van der Waals surface area (Å²) in [6.07, 6.45) is 2.12. The van der Waals surface area contributed by atoms with Crippen LogP contribution in [-0.4, -0.2) is 12.6 Å². The van der Waals surface area contributed by atoms with E-state index in [0.717, 1.165) is 13.0 Å². The zero-order valence-electron chi connectivity index (χ0n) is 12.7. The molecule has 104 valence electrons.